The van der Waals surface area contributed by atoms with Crippen LogP contribution in [0.25, 0.3) is 0 Å². The van der Waals surface area contributed by atoms with Crippen molar-refractivity contribution in [1.29, 1.82) is 0 Å². The molecule has 1 saturated heterocycles. The lowest BCUT2D eigenvalue weighted by Crippen LogP contribution is -2.61. The number of likely N-dealkylation sites (tertiary alicyclic amines) is 1. The number of nitrogens with zero attached hydrogens (tertiary/aromatic N) is 1. The number of urea groups is 1. The van der Waals surface area contributed by atoms with Gasteiger partial charge in [-0.2, -0.15) is 0 Å². The standard InChI is InChI=1S/C35H49N5O5/c1-8-10-16-25(29(41)31(43)36-17-11-9-2)37-30(42)28-26-24(35(26,6)7)20-40(28)32(44)27(38-33(45)39-34(3,4)5)23-18-21-14-12-13-15-22(21)19-23/h8-9,12-15,23-28H,1-2,10-11,16-20H2,3-7H3,(H,36,43)(H,37,42)(H2,38,39,45)/t24-,25?,26-,27-,28-/m0/s1. The van der Waals surface area contributed by atoms with Crippen LogP contribution in [0.4, 0.5) is 4.79 Å². The van der Waals surface area contributed by atoms with Crippen molar-refractivity contribution in [2.45, 2.75) is 90.4 Å². The van der Waals surface area contributed by atoms with Crippen molar-refractivity contribution in [3.63, 3.8) is 0 Å². The largest absolute Gasteiger partial charge is 0.349 e. The van der Waals surface area contributed by atoms with E-state index in [9.17, 15) is 24.0 Å². The second-order valence-electron chi connectivity index (χ2n) is 14.3. The van der Waals surface area contributed by atoms with E-state index in [-0.39, 0.29) is 42.0 Å². The van der Waals surface area contributed by atoms with Crippen molar-refractivity contribution >= 4 is 29.5 Å². The molecule has 2 fully saturated rings. The maximum atomic E-state index is 14.5. The van der Waals surface area contributed by atoms with Crippen LogP contribution >= 0.6 is 0 Å². The highest BCUT2D eigenvalue weighted by atomic mass is 16.2. The van der Waals surface area contributed by atoms with Gasteiger partial charge in [-0.25, -0.2) is 4.79 Å². The summed E-state index contributed by atoms with van der Waals surface area (Å²) in [5.41, 5.74) is 1.61. The van der Waals surface area contributed by atoms with E-state index in [0.717, 1.165) is 11.1 Å². The van der Waals surface area contributed by atoms with Crippen LogP contribution in [0.15, 0.2) is 49.6 Å². The highest BCUT2D eigenvalue weighted by Gasteiger charge is 2.69. The third-order valence-electron chi connectivity index (χ3n) is 9.51. The van der Waals surface area contributed by atoms with Crippen molar-refractivity contribution in [2.24, 2.45) is 23.2 Å². The monoisotopic (exact) mass is 619 g/mol. The molecule has 4 rings (SSSR count). The summed E-state index contributed by atoms with van der Waals surface area (Å²) in [5, 5.41) is 11.3. The first kappa shape index (κ1) is 33.9. The minimum atomic E-state index is -1.06. The maximum Gasteiger partial charge on any atom is 0.315 e. The number of fused-ring (bicyclic) bond motifs is 2. The molecule has 5 atom stereocenters. The number of carbonyl (C=O) groups is 5. The van der Waals surface area contributed by atoms with Gasteiger partial charge >= 0.3 is 6.03 Å². The van der Waals surface area contributed by atoms with Gasteiger partial charge in [0.15, 0.2) is 0 Å². The Morgan fingerprint density at radius 2 is 1.62 bits per heavy atom. The van der Waals surface area contributed by atoms with E-state index in [2.05, 4.69) is 48.3 Å². The third kappa shape index (κ3) is 7.65. The van der Waals surface area contributed by atoms with E-state index in [1.165, 1.54) is 0 Å². The summed E-state index contributed by atoms with van der Waals surface area (Å²) in [4.78, 5) is 69.0. The van der Waals surface area contributed by atoms with Crippen molar-refractivity contribution < 1.29 is 24.0 Å². The molecule has 0 spiro atoms. The van der Waals surface area contributed by atoms with Crippen LogP contribution in [-0.4, -0.2) is 71.2 Å². The van der Waals surface area contributed by atoms with E-state index < -0.39 is 47.3 Å². The number of nitrogens with one attached hydrogen (secondary N) is 4. The fourth-order valence-corrected chi connectivity index (χ4v) is 7.06. The SMILES string of the molecule is C=CCCNC(=O)C(=O)C(CCC=C)NC(=O)[C@@H]1[C@@H]2[C@H](CN1C(=O)[C@@H](NC(=O)NC(C)(C)C)C1Cc3ccccc3C1)C2(C)C. The van der Waals surface area contributed by atoms with Crippen LogP contribution in [0.2, 0.25) is 0 Å². The molecule has 1 unspecified atom stereocenters. The van der Waals surface area contributed by atoms with Gasteiger partial charge in [0.1, 0.15) is 12.1 Å². The van der Waals surface area contributed by atoms with Gasteiger partial charge in [-0.3, -0.25) is 19.2 Å². The molecule has 1 aromatic carbocycles. The summed E-state index contributed by atoms with van der Waals surface area (Å²) >= 11 is 0. The highest BCUT2D eigenvalue weighted by molar-refractivity contribution is 6.38. The first-order chi connectivity index (χ1) is 21.2. The zero-order chi connectivity index (χ0) is 33.1. The van der Waals surface area contributed by atoms with Crippen LogP contribution in [0.5, 0.6) is 0 Å². The molecule has 10 nitrogen and oxygen atoms in total. The molecule has 1 heterocycles. The van der Waals surface area contributed by atoms with Crippen molar-refractivity contribution in [2.75, 3.05) is 13.1 Å². The fourth-order valence-electron chi connectivity index (χ4n) is 7.06. The Balaban J connectivity index is 1.58. The van der Waals surface area contributed by atoms with Gasteiger partial charge < -0.3 is 26.2 Å². The number of benzene rings is 1. The highest BCUT2D eigenvalue weighted by Crippen LogP contribution is 2.65. The molecule has 10 heteroatoms. The molecule has 45 heavy (non-hydrogen) atoms. The topological polar surface area (TPSA) is 137 Å². The number of carbonyl (C=O) groups excluding carboxylic acids is 5. The third-order valence-corrected chi connectivity index (χ3v) is 9.51. The number of hydrogen-bond acceptors (Lipinski definition) is 5. The summed E-state index contributed by atoms with van der Waals surface area (Å²) in [6.45, 7) is 17.8. The zero-order valence-electron chi connectivity index (χ0n) is 27.3. The number of Topliss-reactive ketones (excluding diaryl/α,β-unsaturated/α-hetero) is 1. The summed E-state index contributed by atoms with van der Waals surface area (Å²) < 4.78 is 0. The quantitative estimate of drug-likeness (QED) is 0.153. The lowest BCUT2D eigenvalue weighted by Gasteiger charge is -2.35. The maximum absolute atomic E-state index is 14.5. The molecule has 4 N–H and O–H groups in total. The summed E-state index contributed by atoms with van der Waals surface area (Å²) in [6, 6.07) is 4.83. The first-order valence-electron chi connectivity index (χ1n) is 16.0. The van der Waals surface area contributed by atoms with Gasteiger partial charge in [-0.15, -0.1) is 13.2 Å². The normalized spacial score (nSPS) is 22.7. The molecule has 1 aliphatic heterocycles. The van der Waals surface area contributed by atoms with Gasteiger partial charge in [0.05, 0.1) is 6.04 Å². The first-order valence-corrected chi connectivity index (χ1v) is 16.0. The molecule has 5 amide bonds. The molecule has 244 valence electrons. The van der Waals surface area contributed by atoms with E-state index in [1.807, 2.05) is 45.0 Å². The van der Waals surface area contributed by atoms with Crippen molar-refractivity contribution in [1.82, 2.24) is 26.2 Å². The van der Waals surface area contributed by atoms with E-state index in [1.54, 1.807) is 17.1 Å². The molecule has 0 bridgehead atoms. The summed E-state index contributed by atoms with van der Waals surface area (Å²) in [5.74, 6) is -2.47. The number of rotatable bonds is 13. The Morgan fingerprint density at radius 1 is 1.00 bits per heavy atom. The van der Waals surface area contributed by atoms with Gasteiger partial charge in [-0.05, 0) is 87.2 Å². The van der Waals surface area contributed by atoms with E-state index in [0.29, 0.717) is 32.2 Å². The number of piperidine rings is 1. The Labute approximate surface area is 266 Å². The lowest BCUT2D eigenvalue weighted by molar-refractivity contribution is -0.144. The second-order valence-corrected chi connectivity index (χ2v) is 14.3. The minimum absolute atomic E-state index is 0.103. The van der Waals surface area contributed by atoms with E-state index >= 15 is 0 Å². The molecular formula is C35H49N5O5. The molecule has 1 aromatic rings. The summed E-state index contributed by atoms with van der Waals surface area (Å²) in [6.07, 6.45) is 5.66. The molecular weight excluding hydrogens is 570 g/mol. The van der Waals surface area contributed by atoms with Crippen LogP contribution < -0.4 is 21.3 Å². The Morgan fingerprint density at radius 3 is 2.20 bits per heavy atom. The Kier molecular flexibility index (Phi) is 10.2. The van der Waals surface area contributed by atoms with Crippen LogP contribution in [-0.2, 0) is 32.0 Å². The smallest absolute Gasteiger partial charge is 0.315 e. The zero-order valence-corrected chi connectivity index (χ0v) is 27.3. The van der Waals surface area contributed by atoms with Crippen LogP contribution in [0, 0.1) is 23.2 Å². The van der Waals surface area contributed by atoms with Gasteiger partial charge in [0, 0.05) is 18.6 Å². The van der Waals surface area contributed by atoms with Crippen LogP contribution in [0.3, 0.4) is 0 Å². The second kappa shape index (κ2) is 13.6. The Hall–Kier alpha value is -3.95. The molecule has 0 radical (unpaired) electrons. The van der Waals surface area contributed by atoms with Crippen molar-refractivity contribution in [3.05, 3.63) is 60.7 Å². The average Bonchev–Trinajstić information content (AvgIpc) is 3.34. The number of ketones is 1. The fraction of sp³-hybridized carbons (Fsp3) is 0.571. The average molecular weight is 620 g/mol. The molecule has 0 aromatic heterocycles. The predicted octanol–water partition coefficient (Wildman–Crippen LogP) is 3.06. The van der Waals surface area contributed by atoms with E-state index in [4.69, 9.17) is 0 Å². The summed E-state index contributed by atoms with van der Waals surface area (Å²) in [7, 11) is 0. The lowest BCUT2D eigenvalue weighted by atomic mass is 9.93. The number of allylic oxidation sites excluding steroid dienone is 1. The predicted molar refractivity (Wildman–Crippen MR) is 173 cm³/mol. The van der Waals surface area contributed by atoms with Gasteiger partial charge in [-0.1, -0.05) is 50.3 Å². The Bertz CT molecular complexity index is 1320. The van der Waals surface area contributed by atoms with Gasteiger partial charge in [0.2, 0.25) is 17.6 Å². The number of hydrogen-bond donors (Lipinski definition) is 4. The molecule has 2 aliphatic carbocycles. The molecule has 3 aliphatic rings. The minimum Gasteiger partial charge on any atom is -0.349 e. The number of amides is 5. The van der Waals surface area contributed by atoms with Crippen LogP contribution in [0.1, 0.15) is 65.0 Å². The van der Waals surface area contributed by atoms with Crippen molar-refractivity contribution in [3.8, 4) is 0 Å². The van der Waals surface area contributed by atoms with Gasteiger partial charge in [0.25, 0.3) is 5.91 Å². The molecule has 1 saturated carbocycles.